The third-order valence-corrected chi connectivity index (χ3v) is 4.07. The molecule has 0 saturated carbocycles. The Morgan fingerprint density at radius 2 is 1.60 bits per heavy atom. The summed E-state index contributed by atoms with van der Waals surface area (Å²) < 4.78 is 22.1. The molecule has 3 nitrogen and oxygen atoms in total. The molecule has 2 saturated heterocycles. The fourth-order valence-corrected chi connectivity index (χ4v) is 3.73. The molecule has 2 rings (SSSR count). The average molecular weight is 161 g/mol. The zero-order chi connectivity index (χ0) is 7.19. The summed E-state index contributed by atoms with van der Waals surface area (Å²) in [5.41, 5.74) is 0. The van der Waals surface area contributed by atoms with E-state index in [0.29, 0.717) is 11.5 Å². The van der Waals surface area contributed by atoms with Crippen molar-refractivity contribution in [2.75, 3.05) is 11.5 Å². The minimum absolute atomic E-state index is 0.267. The highest BCUT2D eigenvalue weighted by Crippen LogP contribution is 2.21. The first-order valence-corrected chi connectivity index (χ1v) is 5.44. The SMILES string of the molecule is O=S1(=O)CC2CCC(C1)N2. The Morgan fingerprint density at radius 1 is 1.10 bits per heavy atom. The molecule has 2 bridgehead atoms. The van der Waals surface area contributed by atoms with Crippen LogP contribution in [-0.4, -0.2) is 32.0 Å². The third-order valence-electron chi connectivity index (χ3n) is 2.25. The van der Waals surface area contributed by atoms with Gasteiger partial charge in [-0.05, 0) is 12.8 Å². The second-order valence-electron chi connectivity index (χ2n) is 3.21. The van der Waals surface area contributed by atoms with Crippen molar-refractivity contribution in [3.8, 4) is 0 Å². The second kappa shape index (κ2) is 1.95. The van der Waals surface area contributed by atoms with E-state index < -0.39 is 9.84 Å². The molecule has 0 aromatic heterocycles. The number of hydrogen-bond acceptors (Lipinski definition) is 3. The number of nitrogens with one attached hydrogen (secondary N) is 1. The van der Waals surface area contributed by atoms with Crippen LogP contribution in [0.4, 0.5) is 0 Å². The average Bonchev–Trinajstić information content (AvgIpc) is 2.08. The highest BCUT2D eigenvalue weighted by molar-refractivity contribution is 7.91. The first-order valence-electron chi connectivity index (χ1n) is 3.62. The molecule has 0 aliphatic carbocycles. The predicted molar refractivity (Wildman–Crippen MR) is 38.6 cm³/mol. The summed E-state index contributed by atoms with van der Waals surface area (Å²) in [4.78, 5) is 0. The molecular weight excluding hydrogens is 150 g/mol. The zero-order valence-electron chi connectivity index (χ0n) is 5.71. The van der Waals surface area contributed by atoms with Crippen molar-refractivity contribution < 1.29 is 8.42 Å². The van der Waals surface area contributed by atoms with Gasteiger partial charge in [0, 0.05) is 12.1 Å². The van der Waals surface area contributed by atoms with Gasteiger partial charge < -0.3 is 5.32 Å². The molecule has 2 heterocycles. The lowest BCUT2D eigenvalue weighted by atomic mass is 10.2. The Labute approximate surface area is 60.7 Å². The third kappa shape index (κ3) is 1.06. The monoisotopic (exact) mass is 161 g/mol. The number of hydrogen-bond donors (Lipinski definition) is 1. The Morgan fingerprint density at radius 3 is 2.10 bits per heavy atom. The van der Waals surface area contributed by atoms with E-state index in [1.807, 2.05) is 0 Å². The van der Waals surface area contributed by atoms with E-state index in [4.69, 9.17) is 0 Å². The van der Waals surface area contributed by atoms with Gasteiger partial charge in [0.1, 0.15) is 0 Å². The Balaban J connectivity index is 2.25. The highest BCUT2D eigenvalue weighted by atomic mass is 32.2. The normalized spacial score (nSPS) is 43.6. The molecule has 10 heavy (non-hydrogen) atoms. The maximum absolute atomic E-state index is 11.1. The zero-order valence-corrected chi connectivity index (χ0v) is 6.52. The summed E-state index contributed by atoms with van der Waals surface area (Å²) >= 11 is 0. The molecule has 2 atom stereocenters. The van der Waals surface area contributed by atoms with Crippen molar-refractivity contribution in [3.63, 3.8) is 0 Å². The molecule has 0 amide bonds. The lowest BCUT2D eigenvalue weighted by Gasteiger charge is -2.20. The minimum atomic E-state index is -2.68. The fourth-order valence-electron chi connectivity index (χ4n) is 1.85. The van der Waals surface area contributed by atoms with Crippen LogP contribution in [0.15, 0.2) is 0 Å². The van der Waals surface area contributed by atoms with E-state index in [-0.39, 0.29) is 12.1 Å². The van der Waals surface area contributed by atoms with Crippen LogP contribution in [0, 0.1) is 0 Å². The molecule has 0 aromatic carbocycles. The van der Waals surface area contributed by atoms with Crippen molar-refractivity contribution in [2.24, 2.45) is 0 Å². The Bertz CT molecular complexity index is 216. The summed E-state index contributed by atoms with van der Waals surface area (Å²) in [7, 11) is -2.68. The molecule has 2 fully saturated rings. The molecule has 4 heteroatoms. The molecule has 2 aliphatic rings. The summed E-state index contributed by atoms with van der Waals surface area (Å²) in [5, 5.41) is 3.27. The van der Waals surface area contributed by atoms with Crippen LogP contribution in [0.25, 0.3) is 0 Å². The number of fused-ring (bicyclic) bond motifs is 2. The number of rotatable bonds is 0. The van der Waals surface area contributed by atoms with Gasteiger partial charge in [-0.2, -0.15) is 0 Å². The van der Waals surface area contributed by atoms with Gasteiger partial charge in [0.25, 0.3) is 0 Å². The Kier molecular flexibility index (Phi) is 1.29. The lowest BCUT2D eigenvalue weighted by molar-refractivity contribution is 0.528. The first kappa shape index (κ1) is 6.61. The van der Waals surface area contributed by atoms with Crippen LogP contribution in [0.1, 0.15) is 12.8 Å². The van der Waals surface area contributed by atoms with E-state index in [1.54, 1.807) is 0 Å². The molecule has 2 unspecified atom stereocenters. The molecule has 0 spiro atoms. The van der Waals surface area contributed by atoms with Crippen LogP contribution in [0.3, 0.4) is 0 Å². The fraction of sp³-hybridized carbons (Fsp3) is 1.00. The van der Waals surface area contributed by atoms with E-state index in [2.05, 4.69) is 5.32 Å². The first-order chi connectivity index (χ1) is 4.66. The lowest BCUT2D eigenvalue weighted by Crippen LogP contribution is -2.45. The van der Waals surface area contributed by atoms with Gasteiger partial charge in [-0.3, -0.25) is 0 Å². The van der Waals surface area contributed by atoms with E-state index in [1.165, 1.54) is 0 Å². The summed E-state index contributed by atoms with van der Waals surface area (Å²) in [5.74, 6) is 0.729. The Hall–Kier alpha value is -0.0900. The van der Waals surface area contributed by atoms with E-state index in [0.717, 1.165) is 12.8 Å². The molecule has 1 N–H and O–H groups in total. The quantitative estimate of drug-likeness (QED) is 0.522. The molecule has 2 aliphatic heterocycles. The largest absolute Gasteiger partial charge is 0.309 e. The maximum Gasteiger partial charge on any atom is 0.153 e. The second-order valence-corrected chi connectivity index (χ2v) is 5.37. The molecule has 0 radical (unpaired) electrons. The van der Waals surface area contributed by atoms with Gasteiger partial charge in [0.2, 0.25) is 0 Å². The van der Waals surface area contributed by atoms with Gasteiger partial charge in [-0.25, -0.2) is 8.42 Å². The van der Waals surface area contributed by atoms with E-state index >= 15 is 0 Å². The summed E-state index contributed by atoms with van der Waals surface area (Å²) in [6.45, 7) is 0. The van der Waals surface area contributed by atoms with Crippen molar-refractivity contribution >= 4 is 9.84 Å². The minimum Gasteiger partial charge on any atom is -0.309 e. The molecule has 0 aromatic rings. The summed E-state index contributed by atoms with van der Waals surface area (Å²) in [6, 6.07) is 0.535. The summed E-state index contributed by atoms with van der Waals surface area (Å²) in [6.07, 6.45) is 2.09. The van der Waals surface area contributed by atoms with Crippen LogP contribution < -0.4 is 5.32 Å². The molecular formula is C6H11NO2S. The highest BCUT2D eigenvalue weighted by Gasteiger charge is 2.35. The predicted octanol–water partition coefficient (Wildman–Crippen LogP) is -0.465. The standard InChI is InChI=1S/C6H11NO2S/c8-10(9)3-5-1-2-6(4-10)7-5/h5-7H,1-4H2. The van der Waals surface area contributed by atoms with Crippen LogP contribution in [0.2, 0.25) is 0 Å². The van der Waals surface area contributed by atoms with Crippen molar-refractivity contribution in [2.45, 2.75) is 24.9 Å². The van der Waals surface area contributed by atoms with Crippen LogP contribution in [0.5, 0.6) is 0 Å². The van der Waals surface area contributed by atoms with Gasteiger partial charge in [-0.15, -0.1) is 0 Å². The topological polar surface area (TPSA) is 46.2 Å². The van der Waals surface area contributed by atoms with Crippen molar-refractivity contribution in [1.82, 2.24) is 5.32 Å². The number of sulfone groups is 1. The van der Waals surface area contributed by atoms with Crippen molar-refractivity contribution in [1.29, 1.82) is 0 Å². The van der Waals surface area contributed by atoms with Gasteiger partial charge in [0.15, 0.2) is 9.84 Å². The van der Waals surface area contributed by atoms with Gasteiger partial charge >= 0.3 is 0 Å². The van der Waals surface area contributed by atoms with Gasteiger partial charge in [-0.1, -0.05) is 0 Å². The van der Waals surface area contributed by atoms with Gasteiger partial charge in [0.05, 0.1) is 11.5 Å². The van der Waals surface area contributed by atoms with E-state index in [9.17, 15) is 8.42 Å². The smallest absolute Gasteiger partial charge is 0.153 e. The van der Waals surface area contributed by atoms with Crippen LogP contribution in [-0.2, 0) is 9.84 Å². The van der Waals surface area contributed by atoms with Crippen LogP contribution >= 0.6 is 0 Å². The van der Waals surface area contributed by atoms with Crippen molar-refractivity contribution in [3.05, 3.63) is 0 Å². The molecule has 58 valence electrons. The maximum atomic E-state index is 11.1.